The van der Waals surface area contributed by atoms with Crippen molar-refractivity contribution in [3.63, 3.8) is 0 Å². The third-order valence-corrected chi connectivity index (χ3v) is 3.46. The zero-order chi connectivity index (χ0) is 15.4. The first kappa shape index (κ1) is 15.5. The Morgan fingerprint density at radius 2 is 2.10 bits per heavy atom. The van der Waals surface area contributed by atoms with E-state index in [0.29, 0.717) is 16.9 Å². The van der Waals surface area contributed by atoms with E-state index in [1.165, 1.54) is 12.1 Å². The maximum atomic E-state index is 13.2. The Morgan fingerprint density at radius 1 is 1.33 bits per heavy atom. The van der Waals surface area contributed by atoms with E-state index in [2.05, 4.69) is 15.9 Å². The van der Waals surface area contributed by atoms with Gasteiger partial charge in [-0.3, -0.25) is 0 Å². The fourth-order valence-corrected chi connectivity index (χ4v) is 2.27. The maximum absolute atomic E-state index is 13.2. The van der Waals surface area contributed by atoms with Crippen molar-refractivity contribution in [1.82, 2.24) is 0 Å². The summed E-state index contributed by atoms with van der Waals surface area (Å²) in [4.78, 5) is 0. The average Bonchev–Trinajstić information content (AvgIpc) is 2.47. The minimum atomic E-state index is -0.666. The molecule has 0 saturated carbocycles. The quantitative estimate of drug-likeness (QED) is 0.904. The number of halogens is 2. The van der Waals surface area contributed by atoms with Crippen molar-refractivity contribution in [2.45, 2.75) is 19.6 Å². The largest absolute Gasteiger partial charge is 0.489 e. The molecule has 0 aliphatic carbocycles. The van der Waals surface area contributed by atoms with Gasteiger partial charge in [-0.25, -0.2) is 4.39 Å². The van der Waals surface area contributed by atoms with Gasteiger partial charge in [-0.15, -0.1) is 0 Å². The Balaban J connectivity index is 2.19. The molecular formula is C16H13BrFNO2. The third kappa shape index (κ3) is 3.81. The molecule has 0 amide bonds. The van der Waals surface area contributed by atoms with Gasteiger partial charge in [0.15, 0.2) is 0 Å². The molecule has 108 valence electrons. The second-order valence-electron chi connectivity index (χ2n) is 4.57. The van der Waals surface area contributed by atoms with Crippen LogP contribution in [0.15, 0.2) is 40.9 Å². The van der Waals surface area contributed by atoms with Crippen LogP contribution in [-0.2, 0) is 6.61 Å². The van der Waals surface area contributed by atoms with E-state index < -0.39 is 11.9 Å². The molecule has 2 rings (SSSR count). The number of nitrogens with zero attached hydrogens (tertiary/aromatic N) is 1. The van der Waals surface area contributed by atoms with Crippen molar-refractivity contribution in [2.75, 3.05) is 0 Å². The molecule has 0 bridgehead atoms. The lowest BCUT2D eigenvalue weighted by atomic mass is 10.1. The smallest absolute Gasteiger partial charge is 0.140 e. The van der Waals surface area contributed by atoms with E-state index in [-0.39, 0.29) is 12.2 Å². The molecule has 0 radical (unpaired) electrons. The lowest BCUT2D eigenvalue weighted by molar-refractivity contribution is 0.190. The molecule has 0 fully saturated rings. The summed E-state index contributed by atoms with van der Waals surface area (Å²) in [7, 11) is 0. The van der Waals surface area contributed by atoms with E-state index in [1.807, 2.05) is 6.07 Å². The standard InChI is InChI=1S/C16H13BrFNO2/c1-10(20)14-7-13(17)3-5-16(14)21-9-11-2-4-15(18)12(6-11)8-19/h2-7,10,20H,9H2,1H3/t10-/m1/s1. The van der Waals surface area contributed by atoms with Gasteiger partial charge in [0.2, 0.25) is 0 Å². The molecule has 21 heavy (non-hydrogen) atoms. The van der Waals surface area contributed by atoms with E-state index >= 15 is 0 Å². The molecule has 2 aromatic carbocycles. The van der Waals surface area contributed by atoms with E-state index in [0.717, 1.165) is 4.47 Å². The van der Waals surface area contributed by atoms with Crippen molar-refractivity contribution >= 4 is 15.9 Å². The Kier molecular flexibility index (Phi) is 4.94. The highest BCUT2D eigenvalue weighted by Crippen LogP contribution is 2.29. The monoisotopic (exact) mass is 349 g/mol. The van der Waals surface area contributed by atoms with Crippen molar-refractivity contribution in [2.24, 2.45) is 0 Å². The maximum Gasteiger partial charge on any atom is 0.140 e. The van der Waals surface area contributed by atoms with Crippen LogP contribution in [-0.4, -0.2) is 5.11 Å². The summed E-state index contributed by atoms with van der Waals surface area (Å²) >= 11 is 3.34. The van der Waals surface area contributed by atoms with Crippen LogP contribution in [0.25, 0.3) is 0 Å². The van der Waals surface area contributed by atoms with Crippen LogP contribution in [0.4, 0.5) is 4.39 Å². The van der Waals surface area contributed by atoms with E-state index in [1.54, 1.807) is 31.2 Å². The predicted molar refractivity (Wildman–Crippen MR) is 80.2 cm³/mol. The number of aliphatic hydroxyl groups excluding tert-OH is 1. The van der Waals surface area contributed by atoms with Gasteiger partial charge in [0.05, 0.1) is 11.7 Å². The van der Waals surface area contributed by atoms with Gasteiger partial charge in [-0.1, -0.05) is 22.0 Å². The van der Waals surface area contributed by atoms with Gasteiger partial charge in [0.1, 0.15) is 24.2 Å². The van der Waals surface area contributed by atoms with Crippen LogP contribution in [0.5, 0.6) is 5.75 Å². The SMILES string of the molecule is C[C@@H](O)c1cc(Br)ccc1OCc1ccc(F)c(C#N)c1. The molecule has 0 saturated heterocycles. The Morgan fingerprint density at radius 3 is 2.76 bits per heavy atom. The molecule has 3 nitrogen and oxygen atoms in total. The summed E-state index contributed by atoms with van der Waals surface area (Å²) in [5, 5.41) is 18.6. The first-order valence-electron chi connectivity index (χ1n) is 6.30. The van der Waals surface area contributed by atoms with Crippen molar-refractivity contribution in [3.8, 4) is 11.8 Å². The first-order chi connectivity index (χ1) is 10.0. The van der Waals surface area contributed by atoms with E-state index in [4.69, 9.17) is 10.00 Å². The molecular weight excluding hydrogens is 337 g/mol. The summed E-state index contributed by atoms with van der Waals surface area (Å²) in [5.41, 5.74) is 1.34. The number of rotatable bonds is 4. The number of benzene rings is 2. The summed E-state index contributed by atoms with van der Waals surface area (Å²) < 4.78 is 19.8. The van der Waals surface area contributed by atoms with Crippen LogP contribution < -0.4 is 4.74 Å². The van der Waals surface area contributed by atoms with Crippen LogP contribution in [0.1, 0.15) is 29.7 Å². The van der Waals surface area contributed by atoms with Crippen LogP contribution in [0.2, 0.25) is 0 Å². The lowest BCUT2D eigenvalue weighted by Crippen LogP contribution is -2.01. The molecule has 1 N–H and O–H groups in total. The van der Waals surface area contributed by atoms with Gasteiger partial charge in [0.25, 0.3) is 0 Å². The fraction of sp³-hybridized carbons (Fsp3) is 0.188. The number of aliphatic hydroxyl groups is 1. The number of ether oxygens (including phenoxy) is 1. The third-order valence-electron chi connectivity index (χ3n) is 2.97. The second kappa shape index (κ2) is 6.70. The number of nitriles is 1. The number of hydrogen-bond acceptors (Lipinski definition) is 3. The molecule has 0 heterocycles. The average molecular weight is 350 g/mol. The minimum absolute atomic E-state index is 0.0114. The molecule has 2 aromatic rings. The van der Waals surface area contributed by atoms with Gasteiger partial charge in [-0.05, 0) is 42.8 Å². The Bertz CT molecular complexity index is 695. The van der Waals surface area contributed by atoms with Crippen molar-refractivity contribution in [1.29, 1.82) is 5.26 Å². The van der Waals surface area contributed by atoms with Crippen LogP contribution in [0, 0.1) is 17.1 Å². The summed E-state index contributed by atoms with van der Waals surface area (Å²) in [6.07, 6.45) is -0.666. The molecule has 0 aliphatic rings. The zero-order valence-corrected chi connectivity index (χ0v) is 12.9. The minimum Gasteiger partial charge on any atom is -0.489 e. The zero-order valence-electron chi connectivity index (χ0n) is 11.3. The Hall–Kier alpha value is -1.90. The van der Waals surface area contributed by atoms with Gasteiger partial charge < -0.3 is 9.84 Å². The van der Waals surface area contributed by atoms with Crippen molar-refractivity contribution in [3.05, 3.63) is 63.4 Å². The molecule has 5 heteroatoms. The lowest BCUT2D eigenvalue weighted by Gasteiger charge is -2.14. The normalized spacial score (nSPS) is 11.8. The fourth-order valence-electron chi connectivity index (χ4n) is 1.89. The van der Waals surface area contributed by atoms with Gasteiger partial charge in [0, 0.05) is 10.0 Å². The van der Waals surface area contributed by atoms with Gasteiger partial charge in [-0.2, -0.15) is 5.26 Å². The van der Waals surface area contributed by atoms with Crippen LogP contribution >= 0.6 is 15.9 Å². The first-order valence-corrected chi connectivity index (χ1v) is 7.09. The molecule has 0 spiro atoms. The van der Waals surface area contributed by atoms with Crippen molar-refractivity contribution < 1.29 is 14.2 Å². The molecule has 0 aromatic heterocycles. The highest BCUT2D eigenvalue weighted by Gasteiger charge is 2.10. The van der Waals surface area contributed by atoms with E-state index in [9.17, 15) is 9.50 Å². The highest BCUT2D eigenvalue weighted by atomic mass is 79.9. The van der Waals surface area contributed by atoms with Crippen LogP contribution in [0.3, 0.4) is 0 Å². The summed E-state index contributed by atoms with van der Waals surface area (Å²) in [5.74, 6) is 0.00518. The summed E-state index contributed by atoms with van der Waals surface area (Å²) in [6, 6.07) is 11.4. The Labute approximate surface area is 130 Å². The molecule has 0 unspecified atom stereocenters. The topological polar surface area (TPSA) is 53.2 Å². The predicted octanol–water partition coefficient (Wildman–Crippen LogP) is 4.09. The number of hydrogen-bond donors (Lipinski definition) is 1. The summed E-state index contributed by atoms with van der Waals surface area (Å²) in [6.45, 7) is 1.84. The highest BCUT2D eigenvalue weighted by molar-refractivity contribution is 9.10. The molecule has 1 atom stereocenters. The second-order valence-corrected chi connectivity index (χ2v) is 5.49. The molecule has 0 aliphatic heterocycles. The van der Waals surface area contributed by atoms with Gasteiger partial charge >= 0.3 is 0 Å².